The zero-order valence-electron chi connectivity index (χ0n) is 12.9. The van der Waals surface area contributed by atoms with Crippen LogP contribution in [0.3, 0.4) is 0 Å². The third-order valence-electron chi connectivity index (χ3n) is 3.23. The minimum atomic E-state index is -1.07. The number of amides is 1. The molecule has 0 aliphatic heterocycles. The summed E-state index contributed by atoms with van der Waals surface area (Å²) in [6.45, 7) is 4.39. The van der Waals surface area contributed by atoms with Crippen LogP contribution >= 0.6 is 0 Å². The van der Waals surface area contributed by atoms with Crippen LogP contribution in [0.25, 0.3) is 0 Å². The lowest BCUT2D eigenvalue weighted by atomic mass is 10.0. The van der Waals surface area contributed by atoms with Crippen LogP contribution in [0, 0.1) is 17.6 Å². The quantitative estimate of drug-likeness (QED) is 0.724. The lowest BCUT2D eigenvalue weighted by molar-refractivity contribution is -0.121. The minimum Gasteiger partial charge on any atom is -0.352 e. The van der Waals surface area contributed by atoms with Crippen LogP contribution < -0.4 is 11.1 Å². The highest BCUT2D eigenvalue weighted by atomic mass is 19.2. The van der Waals surface area contributed by atoms with Crippen LogP contribution in [-0.4, -0.2) is 24.3 Å². The molecule has 6 heteroatoms. The topological polar surface area (TPSA) is 72.2 Å². The van der Waals surface area contributed by atoms with Crippen molar-refractivity contribution in [2.24, 2.45) is 11.7 Å². The number of nitrogens with one attached hydrogen (secondary N) is 1. The van der Waals surface area contributed by atoms with Crippen LogP contribution in [0.2, 0.25) is 0 Å². The molecule has 1 aromatic rings. The molecule has 1 aromatic carbocycles. The molecule has 1 amide bonds. The van der Waals surface area contributed by atoms with Crippen molar-refractivity contribution in [2.45, 2.75) is 39.2 Å². The second kappa shape index (κ2) is 8.58. The molecule has 22 heavy (non-hydrogen) atoms. The first-order valence-corrected chi connectivity index (χ1v) is 7.31. The molecule has 0 saturated carbocycles. The van der Waals surface area contributed by atoms with Crippen molar-refractivity contribution in [1.29, 1.82) is 0 Å². The first-order valence-electron chi connectivity index (χ1n) is 7.31. The summed E-state index contributed by atoms with van der Waals surface area (Å²) in [4.78, 5) is 23.6. The molecule has 1 unspecified atom stereocenters. The Bertz CT molecular complexity index is 533. The maximum Gasteiger partial charge on any atom is 0.220 e. The van der Waals surface area contributed by atoms with Crippen molar-refractivity contribution >= 4 is 11.7 Å². The average molecular weight is 312 g/mol. The van der Waals surface area contributed by atoms with E-state index in [1.807, 2.05) is 13.8 Å². The van der Waals surface area contributed by atoms with Gasteiger partial charge >= 0.3 is 0 Å². The number of rotatable bonds is 8. The summed E-state index contributed by atoms with van der Waals surface area (Å²) in [5, 5.41) is 2.78. The molecule has 1 atom stereocenters. The molecule has 0 aliphatic rings. The molecule has 0 fully saturated rings. The maximum atomic E-state index is 13.1. The molecule has 0 heterocycles. The van der Waals surface area contributed by atoms with E-state index in [1.54, 1.807) is 0 Å². The molecular formula is C16H22F2N2O2. The van der Waals surface area contributed by atoms with Gasteiger partial charge in [0, 0.05) is 31.0 Å². The first-order chi connectivity index (χ1) is 10.3. The summed E-state index contributed by atoms with van der Waals surface area (Å²) >= 11 is 0. The predicted octanol–water partition coefficient (Wildman–Crippen LogP) is 2.42. The molecule has 0 saturated heterocycles. The van der Waals surface area contributed by atoms with Gasteiger partial charge in [-0.1, -0.05) is 13.8 Å². The number of ketones is 1. The number of carbonyl (C=O) groups excluding carboxylic acids is 2. The highest BCUT2D eigenvalue weighted by molar-refractivity contribution is 5.97. The number of halogens is 2. The molecule has 122 valence electrons. The van der Waals surface area contributed by atoms with E-state index in [1.165, 1.54) is 6.07 Å². The first kappa shape index (κ1) is 18.2. The standard InChI is InChI=1S/C16H22F2N2O2/c1-10(2)7-12(9-19)20-16(22)6-5-15(21)11-3-4-13(17)14(18)8-11/h3-4,8,10,12H,5-7,9,19H2,1-2H3,(H,20,22). The third-order valence-corrected chi connectivity index (χ3v) is 3.23. The lowest BCUT2D eigenvalue weighted by Gasteiger charge is -2.18. The molecular weight excluding hydrogens is 290 g/mol. The number of carbonyl (C=O) groups is 2. The molecule has 0 aromatic heterocycles. The highest BCUT2D eigenvalue weighted by Gasteiger charge is 2.15. The Hall–Kier alpha value is -1.82. The van der Waals surface area contributed by atoms with E-state index in [4.69, 9.17) is 5.73 Å². The summed E-state index contributed by atoms with van der Waals surface area (Å²) in [5.41, 5.74) is 5.65. The summed E-state index contributed by atoms with van der Waals surface area (Å²) in [5.74, 6) is -2.35. The molecule has 0 radical (unpaired) electrons. The Labute approximate surface area is 129 Å². The van der Waals surface area contributed by atoms with Crippen LogP contribution in [0.15, 0.2) is 18.2 Å². The number of Topliss-reactive ketones (excluding diaryl/α,β-unsaturated/α-hetero) is 1. The van der Waals surface area contributed by atoms with Gasteiger partial charge in [0.2, 0.25) is 5.91 Å². The van der Waals surface area contributed by atoms with Gasteiger partial charge in [0.15, 0.2) is 17.4 Å². The van der Waals surface area contributed by atoms with E-state index in [9.17, 15) is 18.4 Å². The number of hydrogen-bond donors (Lipinski definition) is 2. The largest absolute Gasteiger partial charge is 0.352 e. The zero-order valence-corrected chi connectivity index (χ0v) is 12.9. The van der Waals surface area contributed by atoms with Gasteiger partial charge in [-0.3, -0.25) is 9.59 Å². The number of hydrogen-bond acceptors (Lipinski definition) is 3. The van der Waals surface area contributed by atoms with E-state index < -0.39 is 17.4 Å². The smallest absolute Gasteiger partial charge is 0.220 e. The van der Waals surface area contributed by atoms with Crippen molar-refractivity contribution in [1.82, 2.24) is 5.32 Å². The summed E-state index contributed by atoms with van der Waals surface area (Å²) in [7, 11) is 0. The van der Waals surface area contributed by atoms with Crippen molar-refractivity contribution in [3.05, 3.63) is 35.4 Å². The summed E-state index contributed by atoms with van der Waals surface area (Å²) < 4.78 is 25.9. The van der Waals surface area contributed by atoms with Gasteiger partial charge in [0.05, 0.1) is 0 Å². The zero-order chi connectivity index (χ0) is 16.7. The second-order valence-electron chi connectivity index (χ2n) is 5.68. The van der Waals surface area contributed by atoms with Gasteiger partial charge in [-0.05, 0) is 30.5 Å². The fourth-order valence-electron chi connectivity index (χ4n) is 2.12. The molecule has 0 spiro atoms. The Balaban J connectivity index is 2.49. The van der Waals surface area contributed by atoms with E-state index >= 15 is 0 Å². The Morgan fingerprint density at radius 2 is 1.86 bits per heavy atom. The predicted molar refractivity (Wildman–Crippen MR) is 80.4 cm³/mol. The molecule has 1 rings (SSSR count). The number of benzene rings is 1. The summed E-state index contributed by atoms with van der Waals surface area (Å²) in [6, 6.07) is 2.83. The second-order valence-corrected chi connectivity index (χ2v) is 5.68. The maximum absolute atomic E-state index is 13.1. The van der Waals surface area contributed by atoms with Crippen molar-refractivity contribution < 1.29 is 18.4 Å². The number of nitrogens with two attached hydrogens (primary N) is 1. The third kappa shape index (κ3) is 5.89. The van der Waals surface area contributed by atoms with Crippen molar-refractivity contribution in [2.75, 3.05) is 6.54 Å². The van der Waals surface area contributed by atoms with E-state index in [2.05, 4.69) is 5.32 Å². The van der Waals surface area contributed by atoms with E-state index in [0.717, 1.165) is 18.6 Å². The Morgan fingerprint density at radius 1 is 1.18 bits per heavy atom. The fraction of sp³-hybridized carbons (Fsp3) is 0.500. The van der Waals surface area contributed by atoms with Gasteiger partial charge in [-0.25, -0.2) is 8.78 Å². The van der Waals surface area contributed by atoms with Crippen molar-refractivity contribution in [3.63, 3.8) is 0 Å². The molecule has 4 nitrogen and oxygen atoms in total. The van der Waals surface area contributed by atoms with Gasteiger partial charge in [-0.2, -0.15) is 0 Å². The van der Waals surface area contributed by atoms with Gasteiger partial charge in [0.1, 0.15) is 0 Å². The fourth-order valence-corrected chi connectivity index (χ4v) is 2.12. The van der Waals surface area contributed by atoms with Crippen LogP contribution in [0.5, 0.6) is 0 Å². The summed E-state index contributed by atoms with van der Waals surface area (Å²) in [6.07, 6.45) is 0.696. The molecule has 0 bridgehead atoms. The normalized spacial score (nSPS) is 12.3. The monoisotopic (exact) mass is 312 g/mol. The van der Waals surface area contributed by atoms with Gasteiger partial charge < -0.3 is 11.1 Å². The highest BCUT2D eigenvalue weighted by Crippen LogP contribution is 2.12. The molecule has 3 N–H and O–H groups in total. The van der Waals surface area contributed by atoms with Crippen LogP contribution in [0.4, 0.5) is 8.78 Å². The van der Waals surface area contributed by atoms with Crippen LogP contribution in [0.1, 0.15) is 43.5 Å². The average Bonchev–Trinajstić information content (AvgIpc) is 2.46. The van der Waals surface area contributed by atoms with Crippen LogP contribution in [-0.2, 0) is 4.79 Å². The lowest BCUT2D eigenvalue weighted by Crippen LogP contribution is -2.41. The van der Waals surface area contributed by atoms with Gasteiger partial charge in [0.25, 0.3) is 0 Å². The Morgan fingerprint density at radius 3 is 2.41 bits per heavy atom. The van der Waals surface area contributed by atoms with Gasteiger partial charge in [-0.15, -0.1) is 0 Å². The minimum absolute atomic E-state index is 0.00752. The SMILES string of the molecule is CC(C)CC(CN)NC(=O)CCC(=O)c1ccc(F)c(F)c1. The van der Waals surface area contributed by atoms with E-state index in [0.29, 0.717) is 12.5 Å². The van der Waals surface area contributed by atoms with Crippen molar-refractivity contribution in [3.8, 4) is 0 Å². The van der Waals surface area contributed by atoms with E-state index in [-0.39, 0.29) is 30.4 Å². The molecule has 0 aliphatic carbocycles. The Kier molecular flexibility index (Phi) is 7.11.